The maximum Gasteiger partial charge on any atom is 0.249 e. The highest BCUT2D eigenvalue weighted by molar-refractivity contribution is 5.80. The zero-order valence-electron chi connectivity index (χ0n) is 14.0. The number of hydrogen-bond donors (Lipinski definition) is 4. The number of fused-ring (bicyclic) bond motifs is 2. The van der Waals surface area contributed by atoms with Crippen LogP contribution in [0.25, 0.3) is 0 Å². The summed E-state index contributed by atoms with van der Waals surface area (Å²) in [7, 11) is 0. The molecule has 1 amide bonds. The van der Waals surface area contributed by atoms with Crippen molar-refractivity contribution in [3.05, 3.63) is 47.7 Å². The smallest absolute Gasteiger partial charge is 0.249 e. The Morgan fingerprint density at radius 2 is 1.96 bits per heavy atom. The Balaban J connectivity index is 1.91. The zero-order valence-corrected chi connectivity index (χ0v) is 14.0. The van der Waals surface area contributed by atoms with Gasteiger partial charge in [0.05, 0.1) is 23.3 Å². The van der Waals surface area contributed by atoms with E-state index >= 15 is 0 Å². The van der Waals surface area contributed by atoms with Crippen LogP contribution in [0.3, 0.4) is 0 Å². The fourth-order valence-corrected chi connectivity index (χ4v) is 4.34. The summed E-state index contributed by atoms with van der Waals surface area (Å²) >= 11 is 0. The molecule has 1 aromatic carbocycles. The average Bonchev–Trinajstić information content (AvgIpc) is 2.93. The molecule has 2 aliphatic rings. The number of amides is 1. The van der Waals surface area contributed by atoms with Gasteiger partial charge in [-0.05, 0) is 18.4 Å². The van der Waals surface area contributed by atoms with E-state index in [1.54, 1.807) is 11.1 Å². The summed E-state index contributed by atoms with van der Waals surface area (Å²) in [5.74, 6) is -0.244. The van der Waals surface area contributed by atoms with Gasteiger partial charge in [0.2, 0.25) is 5.91 Å². The molecule has 4 rings (SSSR count). The number of benzene rings is 1. The van der Waals surface area contributed by atoms with Crippen LogP contribution < -0.4 is 5.32 Å². The lowest BCUT2D eigenvalue weighted by atomic mass is 9.87. The largest absolute Gasteiger partial charge is 0.494 e. The molecule has 25 heavy (non-hydrogen) atoms. The summed E-state index contributed by atoms with van der Waals surface area (Å²) in [6.07, 6.45) is 5.78. The number of aromatic hydroxyl groups is 1. The molecule has 1 aliphatic heterocycles. The van der Waals surface area contributed by atoms with Crippen molar-refractivity contribution in [3.8, 4) is 5.88 Å². The third-order valence-electron chi connectivity index (χ3n) is 5.42. The number of aliphatic hydroxyl groups is 1. The van der Waals surface area contributed by atoms with Crippen LogP contribution in [-0.2, 0) is 4.79 Å². The minimum Gasteiger partial charge on any atom is -0.494 e. The van der Waals surface area contributed by atoms with Gasteiger partial charge in [0, 0.05) is 12.2 Å². The average molecular weight is 341 g/mol. The standard InChI is InChI=1S/C19H23N3O3/c23-11-16(24)22-15-9-5-4-8-13(15)21-14-10-20-19(25)17(14)18(22)12-6-2-1-3-7-12/h1-3,6-7,10,13,15,18,20-21,23,25H,4-5,8-9,11H2/t13-,15-,18-/m1/s1. The molecule has 1 aliphatic carbocycles. The molecule has 3 atom stereocenters. The highest BCUT2D eigenvalue weighted by atomic mass is 16.3. The molecule has 1 aromatic heterocycles. The van der Waals surface area contributed by atoms with Gasteiger partial charge in [-0.15, -0.1) is 0 Å². The fraction of sp³-hybridized carbons (Fsp3) is 0.421. The number of nitrogens with zero attached hydrogens (tertiary/aromatic N) is 1. The number of rotatable bonds is 2. The molecule has 6 heteroatoms. The molecule has 0 bridgehead atoms. The highest BCUT2D eigenvalue weighted by Gasteiger charge is 2.43. The molecule has 6 nitrogen and oxygen atoms in total. The monoisotopic (exact) mass is 341 g/mol. The number of carbonyl (C=O) groups excluding carboxylic acids is 1. The summed E-state index contributed by atoms with van der Waals surface area (Å²) < 4.78 is 0. The number of hydrogen-bond acceptors (Lipinski definition) is 4. The predicted octanol–water partition coefficient (Wildman–Crippen LogP) is 2.37. The number of H-pyrrole nitrogens is 1. The van der Waals surface area contributed by atoms with E-state index in [1.807, 2.05) is 30.3 Å². The molecule has 2 aromatic rings. The van der Waals surface area contributed by atoms with E-state index in [0.29, 0.717) is 5.56 Å². The van der Waals surface area contributed by atoms with Crippen LogP contribution in [0.5, 0.6) is 5.88 Å². The summed E-state index contributed by atoms with van der Waals surface area (Å²) in [6.45, 7) is -0.535. The molecule has 132 valence electrons. The quantitative estimate of drug-likeness (QED) is 0.675. The third-order valence-corrected chi connectivity index (χ3v) is 5.42. The van der Waals surface area contributed by atoms with E-state index in [0.717, 1.165) is 36.9 Å². The Bertz CT molecular complexity index is 759. The molecule has 0 unspecified atom stereocenters. The van der Waals surface area contributed by atoms with E-state index < -0.39 is 12.6 Å². The maximum atomic E-state index is 12.8. The molecule has 4 N–H and O–H groups in total. The Morgan fingerprint density at radius 1 is 1.20 bits per heavy atom. The Kier molecular flexibility index (Phi) is 4.13. The van der Waals surface area contributed by atoms with Crippen LogP contribution in [0.1, 0.15) is 42.9 Å². The Morgan fingerprint density at radius 3 is 2.72 bits per heavy atom. The van der Waals surface area contributed by atoms with Crippen molar-refractivity contribution in [2.45, 2.75) is 43.8 Å². The predicted molar refractivity (Wildman–Crippen MR) is 94.3 cm³/mol. The van der Waals surface area contributed by atoms with Gasteiger partial charge in [0.25, 0.3) is 0 Å². The Labute approximate surface area is 146 Å². The minimum absolute atomic E-state index is 0.00888. The van der Waals surface area contributed by atoms with Gasteiger partial charge in [-0.1, -0.05) is 43.2 Å². The fourth-order valence-electron chi connectivity index (χ4n) is 4.34. The molecular weight excluding hydrogens is 318 g/mol. The molecule has 2 heterocycles. The van der Waals surface area contributed by atoms with E-state index in [2.05, 4.69) is 10.3 Å². The summed E-state index contributed by atoms with van der Waals surface area (Å²) in [5, 5.41) is 23.6. The number of aromatic amines is 1. The second-order valence-electron chi connectivity index (χ2n) is 6.84. The van der Waals surface area contributed by atoms with Crippen LogP contribution >= 0.6 is 0 Å². The van der Waals surface area contributed by atoms with Crippen molar-refractivity contribution in [2.24, 2.45) is 0 Å². The second-order valence-corrected chi connectivity index (χ2v) is 6.84. The lowest BCUT2D eigenvalue weighted by Gasteiger charge is -2.41. The van der Waals surface area contributed by atoms with Crippen molar-refractivity contribution in [3.63, 3.8) is 0 Å². The van der Waals surface area contributed by atoms with Crippen LogP contribution in [0, 0.1) is 0 Å². The Hall–Kier alpha value is -2.47. The molecular formula is C19H23N3O3. The van der Waals surface area contributed by atoms with Crippen molar-refractivity contribution in [1.29, 1.82) is 0 Å². The maximum absolute atomic E-state index is 12.8. The minimum atomic E-state index is -0.535. The first-order valence-corrected chi connectivity index (χ1v) is 8.84. The van der Waals surface area contributed by atoms with E-state index in [1.165, 1.54) is 0 Å². The van der Waals surface area contributed by atoms with Gasteiger partial charge < -0.3 is 25.4 Å². The van der Waals surface area contributed by atoms with Crippen LogP contribution in [0.2, 0.25) is 0 Å². The first kappa shape index (κ1) is 16.0. The summed E-state index contributed by atoms with van der Waals surface area (Å²) in [5.41, 5.74) is 2.42. The van der Waals surface area contributed by atoms with Gasteiger partial charge in [-0.25, -0.2) is 0 Å². The second kappa shape index (κ2) is 6.44. The third kappa shape index (κ3) is 2.66. The van der Waals surface area contributed by atoms with Gasteiger partial charge in [0.1, 0.15) is 6.61 Å². The van der Waals surface area contributed by atoms with Crippen LogP contribution in [-0.4, -0.2) is 44.7 Å². The van der Waals surface area contributed by atoms with Gasteiger partial charge in [-0.3, -0.25) is 4.79 Å². The lowest BCUT2D eigenvalue weighted by Crippen LogP contribution is -2.52. The summed E-state index contributed by atoms with van der Waals surface area (Å²) in [6, 6.07) is 9.38. The SMILES string of the molecule is O=C(CO)N1[C@H](c2ccccc2)c2c(c[nH]c2O)N[C@@H]2CCCC[C@H]21. The molecule has 1 fully saturated rings. The number of carbonyl (C=O) groups is 1. The van der Waals surface area contributed by atoms with E-state index in [-0.39, 0.29) is 23.9 Å². The van der Waals surface area contributed by atoms with Crippen molar-refractivity contribution in [2.75, 3.05) is 11.9 Å². The first-order chi connectivity index (χ1) is 12.2. The highest BCUT2D eigenvalue weighted by Crippen LogP contribution is 2.45. The van der Waals surface area contributed by atoms with E-state index in [4.69, 9.17) is 0 Å². The summed E-state index contributed by atoms with van der Waals surface area (Å²) in [4.78, 5) is 17.4. The molecule has 0 saturated heterocycles. The van der Waals surface area contributed by atoms with Gasteiger partial charge >= 0.3 is 0 Å². The van der Waals surface area contributed by atoms with Crippen LogP contribution in [0.4, 0.5) is 5.69 Å². The van der Waals surface area contributed by atoms with Crippen molar-refractivity contribution < 1.29 is 15.0 Å². The van der Waals surface area contributed by atoms with Gasteiger partial charge in [0.15, 0.2) is 5.88 Å². The molecule has 1 saturated carbocycles. The van der Waals surface area contributed by atoms with Gasteiger partial charge in [-0.2, -0.15) is 0 Å². The topological polar surface area (TPSA) is 88.6 Å². The zero-order chi connectivity index (χ0) is 17.4. The van der Waals surface area contributed by atoms with Crippen LogP contribution in [0.15, 0.2) is 36.5 Å². The number of aliphatic hydroxyl groups excluding tert-OH is 1. The van der Waals surface area contributed by atoms with Crippen molar-refractivity contribution in [1.82, 2.24) is 9.88 Å². The molecule has 0 spiro atoms. The number of aromatic nitrogens is 1. The van der Waals surface area contributed by atoms with E-state index in [9.17, 15) is 15.0 Å². The van der Waals surface area contributed by atoms with Crippen molar-refractivity contribution >= 4 is 11.6 Å². The lowest BCUT2D eigenvalue weighted by molar-refractivity contribution is -0.139. The normalized spacial score (nSPS) is 25.5. The first-order valence-electron chi connectivity index (χ1n) is 8.84. The number of anilines is 1. The molecule has 0 radical (unpaired) electrons. The number of nitrogens with one attached hydrogen (secondary N) is 2.